The Morgan fingerprint density at radius 3 is 2.50 bits per heavy atom. The SMILES string of the molecule is CCN1CCN(c2nc3c(cnn3C(C)(C)C)c(=O)[nH]2)CC1. The summed E-state index contributed by atoms with van der Waals surface area (Å²) < 4.78 is 1.82. The van der Waals surface area contributed by atoms with E-state index < -0.39 is 0 Å². The van der Waals surface area contributed by atoms with Gasteiger partial charge in [-0.2, -0.15) is 10.1 Å². The van der Waals surface area contributed by atoms with Crippen molar-refractivity contribution in [3.8, 4) is 0 Å². The standard InChI is InChI=1S/C15H24N6O/c1-5-19-6-8-20(9-7-19)14-17-12-11(13(22)18-14)10-16-21(12)15(2,3)4/h10H,5-9H2,1-4H3,(H,17,18,22). The monoisotopic (exact) mass is 304 g/mol. The Morgan fingerprint density at radius 2 is 1.91 bits per heavy atom. The average Bonchev–Trinajstić information content (AvgIpc) is 2.92. The first kappa shape index (κ1) is 15.0. The fraction of sp³-hybridized carbons (Fsp3) is 0.667. The molecule has 22 heavy (non-hydrogen) atoms. The Hall–Kier alpha value is -1.89. The summed E-state index contributed by atoms with van der Waals surface area (Å²) in [5.74, 6) is 0.652. The van der Waals surface area contributed by atoms with Gasteiger partial charge in [0.15, 0.2) is 5.65 Å². The highest BCUT2D eigenvalue weighted by molar-refractivity contribution is 5.74. The van der Waals surface area contributed by atoms with Gasteiger partial charge < -0.3 is 9.80 Å². The van der Waals surface area contributed by atoms with Crippen molar-refractivity contribution in [3.63, 3.8) is 0 Å². The van der Waals surface area contributed by atoms with Gasteiger partial charge in [-0.3, -0.25) is 9.78 Å². The molecule has 1 fully saturated rings. The van der Waals surface area contributed by atoms with Crippen molar-refractivity contribution in [3.05, 3.63) is 16.6 Å². The molecule has 0 saturated carbocycles. The highest BCUT2D eigenvalue weighted by Gasteiger charge is 2.22. The molecule has 1 saturated heterocycles. The number of aromatic nitrogens is 4. The number of hydrogen-bond acceptors (Lipinski definition) is 5. The van der Waals surface area contributed by atoms with Crippen LogP contribution in [0.4, 0.5) is 5.95 Å². The van der Waals surface area contributed by atoms with E-state index in [1.807, 2.05) is 4.68 Å². The van der Waals surface area contributed by atoms with Crippen LogP contribution in [0.2, 0.25) is 0 Å². The van der Waals surface area contributed by atoms with E-state index >= 15 is 0 Å². The molecule has 0 spiro atoms. The van der Waals surface area contributed by atoms with Crippen molar-refractivity contribution in [2.24, 2.45) is 0 Å². The summed E-state index contributed by atoms with van der Waals surface area (Å²) in [5.41, 5.74) is 0.332. The lowest BCUT2D eigenvalue weighted by molar-refractivity contribution is 0.270. The molecule has 0 aromatic carbocycles. The normalized spacial score (nSPS) is 17.4. The number of nitrogens with one attached hydrogen (secondary N) is 1. The number of anilines is 1. The van der Waals surface area contributed by atoms with E-state index in [1.165, 1.54) is 0 Å². The van der Waals surface area contributed by atoms with Crippen molar-refractivity contribution in [2.75, 3.05) is 37.6 Å². The zero-order valence-electron chi connectivity index (χ0n) is 13.8. The van der Waals surface area contributed by atoms with Gasteiger partial charge in [-0.1, -0.05) is 6.92 Å². The number of fused-ring (bicyclic) bond motifs is 1. The molecule has 0 aliphatic carbocycles. The number of likely N-dealkylation sites (N-methyl/N-ethyl adjacent to an activating group) is 1. The van der Waals surface area contributed by atoms with Crippen molar-refractivity contribution < 1.29 is 0 Å². The number of nitrogens with zero attached hydrogens (tertiary/aromatic N) is 5. The molecule has 0 unspecified atom stereocenters. The van der Waals surface area contributed by atoms with Crippen LogP contribution in [0.5, 0.6) is 0 Å². The van der Waals surface area contributed by atoms with Crippen molar-refractivity contribution >= 4 is 17.0 Å². The molecule has 3 rings (SSSR count). The summed E-state index contributed by atoms with van der Waals surface area (Å²) in [4.78, 5) is 24.5. The highest BCUT2D eigenvalue weighted by atomic mass is 16.1. The Morgan fingerprint density at radius 1 is 1.23 bits per heavy atom. The maximum absolute atomic E-state index is 12.3. The minimum absolute atomic E-state index is 0.117. The number of rotatable bonds is 2. The number of aromatic amines is 1. The predicted octanol–water partition coefficient (Wildman–Crippen LogP) is 1.02. The lowest BCUT2D eigenvalue weighted by atomic mass is 10.1. The maximum Gasteiger partial charge on any atom is 0.263 e. The first-order chi connectivity index (χ1) is 10.4. The van der Waals surface area contributed by atoms with Crippen molar-refractivity contribution in [1.82, 2.24) is 24.6 Å². The van der Waals surface area contributed by atoms with Crippen LogP contribution in [0.3, 0.4) is 0 Å². The minimum atomic E-state index is -0.208. The molecule has 1 aliphatic heterocycles. The third-order valence-electron chi connectivity index (χ3n) is 4.18. The second kappa shape index (κ2) is 5.39. The summed E-state index contributed by atoms with van der Waals surface area (Å²) in [7, 11) is 0. The number of H-pyrrole nitrogens is 1. The smallest absolute Gasteiger partial charge is 0.263 e. The zero-order valence-corrected chi connectivity index (χ0v) is 13.8. The van der Waals surface area contributed by atoms with Crippen LogP contribution in [0.15, 0.2) is 11.0 Å². The lowest BCUT2D eigenvalue weighted by Gasteiger charge is -2.34. The van der Waals surface area contributed by atoms with Crippen LogP contribution in [0.25, 0.3) is 11.0 Å². The number of hydrogen-bond donors (Lipinski definition) is 1. The van der Waals surface area contributed by atoms with Gasteiger partial charge >= 0.3 is 0 Å². The van der Waals surface area contributed by atoms with Crippen LogP contribution in [-0.4, -0.2) is 57.4 Å². The van der Waals surface area contributed by atoms with Gasteiger partial charge in [0.1, 0.15) is 5.39 Å². The fourth-order valence-corrected chi connectivity index (χ4v) is 2.82. The second-order valence-electron chi connectivity index (χ2n) is 6.78. The fourth-order valence-electron chi connectivity index (χ4n) is 2.82. The topological polar surface area (TPSA) is 70.1 Å². The van der Waals surface area contributed by atoms with E-state index in [-0.39, 0.29) is 11.1 Å². The average molecular weight is 304 g/mol. The minimum Gasteiger partial charge on any atom is -0.340 e. The van der Waals surface area contributed by atoms with E-state index in [4.69, 9.17) is 0 Å². The van der Waals surface area contributed by atoms with Gasteiger partial charge in [-0.05, 0) is 27.3 Å². The molecule has 7 heteroatoms. The van der Waals surface area contributed by atoms with E-state index in [1.54, 1.807) is 6.20 Å². The molecule has 7 nitrogen and oxygen atoms in total. The van der Waals surface area contributed by atoms with E-state index in [0.29, 0.717) is 17.0 Å². The summed E-state index contributed by atoms with van der Waals surface area (Å²) in [6, 6.07) is 0. The Labute approximate surface area is 129 Å². The van der Waals surface area contributed by atoms with Gasteiger partial charge in [-0.25, -0.2) is 4.68 Å². The predicted molar refractivity (Wildman–Crippen MR) is 87.5 cm³/mol. The van der Waals surface area contributed by atoms with Crippen LogP contribution >= 0.6 is 0 Å². The Bertz CT molecular complexity index is 718. The van der Waals surface area contributed by atoms with Crippen molar-refractivity contribution in [2.45, 2.75) is 33.2 Å². The van der Waals surface area contributed by atoms with E-state index in [2.05, 4.69) is 52.6 Å². The maximum atomic E-state index is 12.3. The molecule has 0 bridgehead atoms. The van der Waals surface area contributed by atoms with Crippen LogP contribution in [0.1, 0.15) is 27.7 Å². The zero-order chi connectivity index (χ0) is 15.9. The molecular formula is C15H24N6O. The van der Waals surface area contributed by atoms with Gasteiger partial charge in [0.25, 0.3) is 5.56 Å². The number of piperazine rings is 1. The lowest BCUT2D eigenvalue weighted by Crippen LogP contribution is -2.47. The third-order valence-corrected chi connectivity index (χ3v) is 4.18. The van der Waals surface area contributed by atoms with Crippen LogP contribution in [0, 0.1) is 0 Å². The Balaban J connectivity index is 2.00. The van der Waals surface area contributed by atoms with Gasteiger partial charge in [0.05, 0.1) is 11.7 Å². The summed E-state index contributed by atoms with van der Waals surface area (Å²) >= 11 is 0. The molecule has 120 valence electrons. The van der Waals surface area contributed by atoms with Crippen molar-refractivity contribution in [1.29, 1.82) is 0 Å². The molecule has 1 aliphatic rings. The largest absolute Gasteiger partial charge is 0.340 e. The van der Waals surface area contributed by atoms with Crippen LogP contribution in [-0.2, 0) is 5.54 Å². The summed E-state index contributed by atoms with van der Waals surface area (Å²) in [6.45, 7) is 13.2. The first-order valence-corrected chi connectivity index (χ1v) is 7.86. The van der Waals surface area contributed by atoms with Gasteiger partial charge in [0, 0.05) is 26.2 Å². The van der Waals surface area contributed by atoms with E-state index in [9.17, 15) is 4.79 Å². The first-order valence-electron chi connectivity index (χ1n) is 7.86. The molecular weight excluding hydrogens is 280 g/mol. The molecule has 0 amide bonds. The van der Waals surface area contributed by atoms with Gasteiger partial charge in [0.2, 0.25) is 5.95 Å². The van der Waals surface area contributed by atoms with Crippen LogP contribution < -0.4 is 10.5 Å². The Kier molecular flexibility index (Phi) is 3.68. The van der Waals surface area contributed by atoms with Gasteiger partial charge in [-0.15, -0.1) is 0 Å². The molecule has 3 heterocycles. The molecule has 0 atom stereocenters. The molecule has 2 aromatic heterocycles. The molecule has 2 aromatic rings. The second-order valence-corrected chi connectivity index (χ2v) is 6.78. The molecule has 0 radical (unpaired) electrons. The molecule has 1 N–H and O–H groups in total. The van der Waals surface area contributed by atoms with E-state index in [0.717, 1.165) is 32.7 Å². The third kappa shape index (κ3) is 2.61. The summed E-state index contributed by atoms with van der Waals surface area (Å²) in [6.07, 6.45) is 1.60. The summed E-state index contributed by atoms with van der Waals surface area (Å²) in [5, 5.41) is 4.89. The quantitative estimate of drug-likeness (QED) is 0.897. The highest BCUT2D eigenvalue weighted by Crippen LogP contribution is 2.20.